The molecule has 0 aromatic carbocycles. The first-order valence-corrected chi connectivity index (χ1v) is 5.94. The SMILES string of the molecule is C#CCNC(=O)C(CC)Sc1ccccn1. The highest BCUT2D eigenvalue weighted by molar-refractivity contribution is 8.00. The van der Waals surface area contributed by atoms with Gasteiger partial charge in [0.25, 0.3) is 0 Å². The normalized spacial score (nSPS) is 11.5. The molecule has 0 aliphatic heterocycles. The molecule has 1 amide bonds. The molecule has 1 atom stereocenters. The first kappa shape index (κ1) is 12.6. The first-order chi connectivity index (χ1) is 7.77. The van der Waals surface area contributed by atoms with Crippen LogP contribution in [0.3, 0.4) is 0 Å². The number of carbonyl (C=O) groups excluding carboxylic acids is 1. The van der Waals surface area contributed by atoms with E-state index in [4.69, 9.17) is 6.42 Å². The molecule has 84 valence electrons. The molecule has 1 rings (SSSR count). The van der Waals surface area contributed by atoms with E-state index < -0.39 is 0 Å². The maximum absolute atomic E-state index is 11.7. The third-order valence-corrected chi connectivity index (χ3v) is 3.24. The Morgan fingerprint density at radius 1 is 1.69 bits per heavy atom. The number of terminal acetylenes is 1. The van der Waals surface area contributed by atoms with Gasteiger partial charge < -0.3 is 5.32 Å². The lowest BCUT2D eigenvalue weighted by Crippen LogP contribution is -2.32. The Hall–Kier alpha value is -1.47. The lowest BCUT2D eigenvalue weighted by molar-refractivity contribution is -0.120. The van der Waals surface area contributed by atoms with Crippen LogP contribution in [0.15, 0.2) is 29.4 Å². The van der Waals surface area contributed by atoms with Crippen molar-refractivity contribution in [3.8, 4) is 12.3 Å². The zero-order chi connectivity index (χ0) is 11.8. The van der Waals surface area contributed by atoms with E-state index in [1.165, 1.54) is 11.8 Å². The molecule has 1 heterocycles. The van der Waals surface area contributed by atoms with Crippen LogP contribution in [0.25, 0.3) is 0 Å². The number of rotatable bonds is 5. The third kappa shape index (κ3) is 3.95. The van der Waals surface area contributed by atoms with Gasteiger partial charge in [0.05, 0.1) is 16.8 Å². The summed E-state index contributed by atoms with van der Waals surface area (Å²) >= 11 is 1.46. The summed E-state index contributed by atoms with van der Waals surface area (Å²) in [5, 5.41) is 3.40. The molecule has 0 saturated heterocycles. The summed E-state index contributed by atoms with van der Waals surface area (Å²) in [5.74, 6) is 2.35. The van der Waals surface area contributed by atoms with Crippen LogP contribution in [-0.2, 0) is 4.79 Å². The fraction of sp³-hybridized carbons (Fsp3) is 0.333. The van der Waals surface area contributed by atoms with Crippen LogP contribution in [0.4, 0.5) is 0 Å². The summed E-state index contributed by atoms with van der Waals surface area (Å²) in [4.78, 5) is 15.9. The number of amides is 1. The lowest BCUT2D eigenvalue weighted by atomic mass is 10.3. The maximum atomic E-state index is 11.7. The Balaban J connectivity index is 2.56. The van der Waals surface area contributed by atoms with Gasteiger partial charge in [0.1, 0.15) is 0 Å². The molecule has 1 aromatic heterocycles. The fourth-order valence-corrected chi connectivity index (χ4v) is 2.06. The van der Waals surface area contributed by atoms with Gasteiger partial charge in [-0.05, 0) is 18.6 Å². The van der Waals surface area contributed by atoms with Crippen molar-refractivity contribution in [2.24, 2.45) is 0 Å². The van der Waals surface area contributed by atoms with Crippen molar-refractivity contribution in [3.63, 3.8) is 0 Å². The number of hydrogen-bond donors (Lipinski definition) is 1. The molecule has 16 heavy (non-hydrogen) atoms. The molecule has 1 aromatic rings. The molecular weight excluding hydrogens is 220 g/mol. The van der Waals surface area contributed by atoms with E-state index in [-0.39, 0.29) is 17.7 Å². The second kappa shape index (κ2) is 6.91. The van der Waals surface area contributed by atoms with Crippen molar-refractivity contribution >= 4 is 17.7 Å². The lowest BCUT2D eigenvalue weighted by Gasteiger charge is -2.12. The van der Waals surface area contributed by atoms with E-state index in [1.807, 2.05) is 25.1 Å². The Bertz CT molecular complexity index is 372. The van der Waals surface area contributed by atoms with Crippen molar-refractivity contribution in [1.82, 2.24) is 10.3 Å². The highest BCUT2D eigenvalue weighted by Gasteiger charge is 2.17. The van der Waals surface area contributed by atoms with Crippen molar-refractivity contribution in [2.45, 2.75) is 23.6 Å². The molecule has 4 heteroatoms. The second-order valence-electron chi connectivity index (χ2n) is 3.10. The monoisotopic (exact) mass is 234 g/mol. The van der Waals surface area contributed by atoms with E-state index in [9.17, 15) is 4.79 Å². The zero-order valence-electron chi connectivity index (χ0n) is 9.14. The van der Waals surface area contributed by atoms with E-state index in [0.29, 0.717) is 0 Å². The van der Waals surface area contributed by atoms with Crippen LogP contribution >= 0.6 is 11.8 Å². The topological polar surface area (TPSA) is 42.0 Å². The Kier molecular flexibility index (Phi) is 5.44. The largest absolute Gasteiger partial charge is 0.344 e. The smallest absolute Gasteiger partial charge is 0.234 e. The van der Waals surface area contributed by atoms with Gasteiger partial charge in [-0.1, -0.05) is 30.7 Å². The molecule has 0 bridgehead atoms. The number of nitrogens with one attached hydrogen (secondary N) is 1. The van der Waals surface area contributed by atoms with E-state index in [1.54, 1.807) is 6.20 Å². The van der Waals surface area contributed by atoms with Crippen molar-refractivity contribution in [1.29, 1.82) is 0 Å². The molecule has 0 saturated carbocycles. The first-order valence-electron chi connectivity index (χ1n) is 5.06. The number of nitrogens with zero attached hydrogens (tertiary/aromatic N) is 1. The predicted octanol–water partition coefficient (Wildman–Crippen LogP) is 1.70. The van der Waals surface area contributed by atoms with Gasteiger partial charge in [-0.15, -0.1) is 6.42 Å². The molecule has 0 aliphatic rings. The highest BCUT2D eigenvalue weighted by Crippen LogP contribution is 2.22. The van der Waals surface area contributed by atoms with Gasteiger partial charge in [-0.25, -0.2) is 4.98 Å². The minimum Gasteiger partial charge on any atom is -0.344 e. The molecule has 3 nitrogen and oxygen atoms in total. The number of aromatic nitrogens is 1. The fourth-order valence-electron chi connectivity index (χ4n) is 1.14. The minimum atomic E-state index is -0.136. The van der Waals surface area contributed by atoms with Crippen LogP contribution < -0.4 is 5.32 Å². The van der Waals surface area contributed by atoms with Crippen LogP contribution in [0.2, 0.25) is 0 Å². The number of carbonyl (C=O) groups is 1. The Morgan fingerprint density at radius 3 is 3.06 bits per heavy atom. The summed E-state index contributed by atoms with van der Waals surface area (Å²) in [6.07, 6.45) is 7.55. The van der Waals surface area contributed by atoms with Gasteiger partial charge in [-0.3, -0.25) is 4.79 Å². The molecule has 1 unspecified atom stereocenters. The summed E-state index contributed by atoms with van der Waals surface area (Å²) < 4.78 is 0. The van der Waals surface area contributed by atoms with Crippen molar-refractivity contribution in [2.75, 3.05) is 6.54 Å². The van der Waals surface area contributed by atoms with Crippen LogP contribution in [0, 0.1) is 12.3 Å². The molecule has 0 aliphatic carbocycles. The Labute approximate surface area is 100 Å². The average molecular weight is 234 g/mol. The highest BCUT2D eigenvalue weighted by atomic mass is 32.2. The van der Waals surface area contributed by atoms with E-state index in [2.05, 4.69) is 16.2 Å². The summed E-state index contributed by atoms with van der Waals surface area (Å²) in [6, 6.07) is 5.65. The summed E-state index contributed by atoms with van der Waals surface area (Å²) in [7, 11) is 0. The molecule has 1 N–H and O–H groups in total. The number of thioether (sulfide) groups is 1. The van der Waals surface area contributed by atoms with Crippen LogP contribution in [-0.4, -0.2) is 22.7 Å². The van der Waals surface area contributed by atoms with E-state index >= 15 is 0 Å². The maximum Gasteiger partial charge on any atom is 0.234 e. The van der Waals surface area contributed by atoms with Gasteiger partial charge in [0.15, 0.2) is 0 Å². The third-order valence-electron chi connectivity index (χ3n) is 1.93. The standard InChI is InChI=1S/C12H14N2OS/c1-3-8-14-12(15)10(4-2)16-11-7-5-6-9-13-11/h1,5-7,9-10H,4,8H2,2H3,(H,14,15). The minimum absolute atomic E-state index is 0.0314. The van der Waals surface area contributed by atoms with Gasteiger partial charge >= 0.3 is 0 Å². The quantitative estimate of drug-likeness (QED) is 0.623. The second-order valence-corrected chi connectivity index (χ2v) is 4.33. The summed E-state index contributed by atoms with van der Waals surface area (Å²) in [5.41, 5.74) is 0. The van der Waals surface area contributed by atoms with Crippen molar-refractivity contribution in [3.05, 3.63) is 24.4 Å². The van der Waals surface area contributed by atoms with Crippen LogP contribution in [0.1, 0.15) is 13.3 Å². The zero-order valence-corrected chi connectivity index (χ0v) is 9.96. The van der Waals surface area contributed by atoms with Crippen molar-refractivity contribution < 1.29 is 4.79 Å². The van der Waals surface area contributed by atoms with Gasteiger partial charge in [-0.2, -0.15) is 0 Å². The number of pyridine rings is 1. The number of hydrogen-bond acceptors (Lipinski definition) is 3. The molecule has 0 fully saturated rings. The van der Waals surface area contributed by atoms with E-state index in [0.717, 1.165) is 11.4 Å². The Morgan fingerprint density at radius 2 is 2.50 bits per heavy atom. The van der Waals surface area contributed by atoms with Crippen LogP contribution in [0.5, 0.6) is 0 Å². The van der Waals surface area contributed by atoms with Gasteiger partial charge in [0, 0.05) is 6.20 Å². The molecule has 0 spiro atoms. The molecular formula is C12H14N2OS. The molecule has 0 radical (unpaired) electrons. The average Bonchev–Trinajstić information content (AvgIpc) is 2.34. The van der Waals surface area contributed by atoms with Gasteiger partial charge in [0.2, 0.25) is 5.91 Å². The summed E-state index contributed by atoms with van der Waals surface area (Å²) in [6.45, 7) is 2.24. The predicted molar refractivity (Wildman–Crippen MR) is 66.0 cm³/mol.